The van der Waals surface area contributed by atoms with Crippen molar-refractivity contribution in [2.45, 2.75) is 150 Å². The summed E-state index contributed by atoms with van der Waals surface area (Å²) in [5.41, 5.74) is 1.70. The normalized spacial score (nSPS) is 15.9. The number of nitrogens with zero attached hydrogens (tertiary/aromatic N) is 3. The van der Waals surface area contributed by atoms with Gasteiger partial charge in [-0.3, -0.25) is 41.9 Å². The molecule has 0 saturated heterocycles. The summed E-state index contributed by atoms with van der Waals surface area (Å²) in [7, 11) is -19.4. The Morgan fingerprint density at radius 2 is 1.17 bits per heavy atom. The van der Waals surface area contributed by atoms with Crippen LogP contribution in [-0.2, 0) is 108 Å². The number of anilines is 2. The molecule has 1 aliphatic heterocycles. The molecule has 115 heavy (non-hydrogen) atoms. The van der Waals surface area contributed by atoms with Gasteiger partial charge in [-0.05, 0) is 173 Å². The zero-order valence-electron chi connectivity index (χ0n) is 64.1. The lowest BCUT2D eigenvalue weighted by Gasteiger charge is -2.28. The largest absolute Gasteiger partial charge is 0.480 e. The molecule has 632 valence electrons. The smallest absolute Gasteiger partial charge is 0.327 e. The number of benzene rings is 4. The van der Waals surface area contributed by atoms with Gasteiger partial charge in [0.2, 0.25) is 17.7 Å². The minimum absolute atomic E-state index is 0.0258. The molecule has 5 amide bonds. The third-order valence-corrected chi connectivity index (χ3v) is 23.1. The SMILES string of the molecule is CN(CCNC(=O)CC[C@H](NC(=O)N[C@@H](CS(=O)(=O)O)C(=O)O)C(=O)O)CCN(C)CCC(=O)N[C@@H](Cc1ccccc1)C(=O)N[C@@H](Cc1ccc(OC2=C(/C=C/C(=O)C(C)(C)c3cc(S(=O)(=O)O)ccc3NCCCCS(=O)(=O)O)CCC/C2=C\C=C2\N(CCCCS(=O)(=O)O)c3ccc(S(=O)(=O)O)cc3C2(C)C)cc1)C(=O)O. The standard InChI is InChI=1S/C74H99N9O27S5/c1-73(2)56-46-54(115(107,108)109)26-29-62(56)83(36-11-13-42-112(98,99)100)63(73)30-21-50-17-14-18-51(22-31-64(84)74(3,4)55-45-53(114(104,105)106)25-27-57(55)75-34-10-12-41-111(95,96)97)67(50)110-52-23-19-49(20-24-52)44-60(70(90)91)78-68(87)59(43-48-15-8-7-9-16-48)77-66(86)33-37-81(5)39-40-82(6)38-35-76-65(85)32-28-58(69(88)89)79-72(94)80-61(71(92)93)47-113(101,102)103/h7-9,15-16,19-27,29-31,45-46,58-61,75H,10-14,17-18,28,32-44,47H2,1-6H3,(H,76,85)(H,77,86)(H,78,87)(H,88,89)(H,90,91)(H,92,93)(H2,79,80,94)(H,95,96,97)(H,98,99,100)(H,101,102,103)(H,104,105,106)(H,107,108,109)/b31-22+,50-21+,63-30+/t58-,59-,60-,61-/m0/s1. The van der Waals surface area contributed by atoms with Gasteiger partial charge in [-0.15, -0.1) is 0 Å². The van der Waals surface area contributed by atoms with E-state index in [9.17, 15) is 114 Å². The molecule has 2 aliphatic rings. The average Bonchev–Trinajstić information content (AvgIpc) is 1.59. The number of allylic oxidation sites excluding steroid dienone is 7. The number of hydrogen-bond donors (Lipinski definition) is 14. The Morgan fingerprint density at radius 3 is 1.77 bits per heavy atom. The molecule has 4 atom stereocenters. The number of likely N-dealkylation sites (N-methyl/N-ethyl adjacent to an activating group) is 2. The topological polar surface area (TPSA) is 560 Å². The summed E-state index contributed by atoms with van der Waals surface area (Å²) in [5.74, 6) is -9.23. The molecule has 36 nitrogen and oxygen atoms in total. The number of ether oxygens (including phenoxy) is 1. The Balaban J connectivity index is 1.19. The van der Waals surface area contributed by atoms with Crippen LogP contribution >= 0.6 is 0 Å². The molecular formula is C74H99N9O27S5. The van der Waals surface area contributed by atoms with Gasteiger partial charge in [0.05, 0.1) is 26.7 Å². The summed E-state index contributed by atoms with van der Waals surface area (Å²) < 4.78 is 173. The van der Waals surface area contributed by atoms with Crippen LogP contribution < -0.4 is 41.5 Å². The predicted molar refractivity (Wildman–Crippen MR) is 422 cm³/mol. The minimum Gasteiger partial charge on any atom is -0.480 e. The number of nitrogens with one attached hydrogen (secondary N) is 6. The van der Waals surface area contributed by atoms with Crippen molar-refractivity contribution in [3.63, 3.8) is 0 Å². The van der Waals surface area contributed by atoms with Gasteiger partial charge in [-0.1, -0.05) is 68.5 Å². The highest BCUT2D eigenvalue weighted by atomic mass is 32.2. The number of carbonyl (C=O) groups excluding carboxylic acids is 5. The third-order valence-electron chi connectivity index (χ3n) is 19.0. The number of hydrogen-bond acceptors (Lipinski definition) is 23. The third kappa shape index (κ3) is 30.6. The average molecular weight is 1710 g/mol. The zero-order valence-corrected chi connectivity index (χ0v) is 68.1. The van der Waals surface area contributed by atoms with E-state index in [0.29, 0.717) is 78.1 Å². The van der Waals surface area contributed by atoms with Crippen LogP contribution in [0.15, 0.2) is 148 Å². The number of carboxylic acids is 3. The maximum Gasteiger partial charge on any atom is 0.327 e. The Bertz CT molecular complexity index is 4940. The molecule has 4 aromatic rings. The number of carboxylic acid groups (broad SMARTS) is 3. The molecule has 0 saturated carbocycles. The first-order valence-electron chi connectivity index (χ1n) is 36.3. The molecule has 0 bridgehead atoms. The number of rotatable bonds is 46. The first-order chi connectivity index (χ1) is 53.5. The number of amides is 5. The van der Waals surface area contributed by atoms with Crippen LogP contribution in [0.5, 0.6) is 5.75 Å². The van der Waals surface area contributed by atoms with Gasteiger partial charge >= 0.3 is 23.9 Å². The Labute approximate surface area is 668 Å². The van der Waals surface area contributed by atoms with E-state index in [-0.39, 0.29) is 105 Å². The number of fused-ring (bicyclic) bond motifs is 1. The van der Waals surface area contributed by atoms with Crippen molar-refractivity contribution >= 4 is 109 Å². The molecule has 0 fully saturated rings. The van der Waals surface area contributed by atoms with Crippen molar-refractivity contribution in [2.24, 2.45) is 0 Å². The van der Waals surface area contributed by atoms with E-state index in [2.05, 4.69) is 21.3 Å². The first kappa shape index (κ1) is 94.3. The maximum atomic E-state index is 14.7. The van der Waals surface area contributed by atoms with E-state index < -0.39 is 162 Å². The second-order valence-corrected chi connectivity index (χ2v) is 36.3. The van der Waals surface area contributed by atoms with Gasteiger partial charge in [0.1, 0.15) is 41.4 Å². The molecule has 0 spiro atoms. The van der Waals surface area contributed by atoms with E-state index in [1.807, 2.05) is 33.9 Å². The van der Waals surface area contributed by atoms with Crippen molar-refractivity contribution in [3.8, 4) is 5.75 Å². The second kappa shape index (κ2) is 41.3. The van der Waals surface area contributed by atoms with Crippen molar-refractivity contribution in [1.29, 1.82) is 0 Å². The number of urea groups is 1. The van der Waals surface area contributed by atoms with Gasteiger partial charge < -0.3 is 66.7 Å². The van der Waals surface area contributed by atoms with Crippen LogP contribution in [0.25, 0.3) is 0 Å². The Morgan fingerprint density at radius 1 is 0.591 bits per heavy atom. The van der Waals surface area contributed by atoms with Crippen LogP contribution in [0.4, 0.5) is 16.2 Å². The minimum atomic E-state index is -4.84. The van der Waals surface area contributed by atoms with Gasteiger partial charge in [0.25, 0.3) is 50.6 Å². The highest BCUT2D eigenvalue weighted by molar-refractivity contribution is 7.86. The molecule has 1 aliphatic carbocycles. The molecule has 0 unspecified atom stereocenters. The molecule has 4 aromatic carbocycles. The van der Waals surface area contributed by atoms with Crippen molar-refractivity contribution in [2.75, 3.05) is 87.4 Å². The number of unbranched alkanes of at least 4 members (excludes halogenated alkanes) is 2. The molecule has 1 heterocycles. The van der Waals surface area contributed by atoms with Crippen LogP contribution in [0.2, 0.25) is 0 Å². The summed E-state index contributed by atoms with van der Waals surface area (Å²) in [6.07, 6.45) is 6.97. The van der Waals surface area contributed by atoms with E-state index in [0.717, 1.165) is 12.1 Å². The van der Waals surface area contributed by atoms with Crippen LogP contribution in [0, 0.1) is 0 Å². The van der Waals surface area contributed by atoms with Crippen LogP contribution in [0.3, 0.4) is 0 Å². The van der Waals surface area contributed by atoms with Gasteiger partial charge in [-0.2, -0.15) is 42.1 Å². The van der Waals surface area contributed by atoms with Gasteiger partial charge in [0.15, 0.2) is 5.78 Å². The fraction of sp³-hybridized carbons (Fsp3) is 0.459. The predicted octanol–water partition coefficient (Wildman–Crippen LogP) is 4.54. The summed E-state index contributed by atoms with van der Waals surface area (Å²) in [6.45, 7) is 8.54. The van der Waals surface area contributed by atoms with Crippen molar-refractivity contribution in [3.05, 3.63) is 160 Å². The lowest BCUT2D eigenvalue weighted by molar-refractivity contribution is -0.142. The maximum absolute atomic E-state index is 14.7. The first-order valence-corrected chi connectivity index (χ1v) is 44.0. The highest BCUT2D eigenvalue weighted by Crippen LogP contribution is 2.49. The number of aliphatic carboxylic acids is 3. The van der Waals surface area contributed by atoms with E-state index >= 15 is 0 Å². The molecule has 41 heteroatoms. The summed E-state index contributed by atoms with van der Waals surface area (Å²) in [6, 6.07) is 14.7. The van der Waals surface area contributed by atoms with Crippen molar-refractivity contribution in [1.82, 2.24) is 36.4 Å². The summed E-state index contributed by atoms with van der Waals surface area (Å²) >= 11 is 0. The van der Waals surface area contributed by atoms with Gasteiger partial charge in [0, 0.05) is 94.0 Å². The van der Waals surface area contributed by atoms with E-state index in [1.165, 1.54) is 44.2 Å². The quantitative estimate of drug-likeness (QED) is 0.0164. The van der Waals surface area contributed by atoms with Gasteiger partial charge in [-0.25, -0.2) is 19.2 Å². The fourth-order valence-electron chi connectivity index (χ4n) is 12.6. The molecule has 0 radical (unpaired) electrons. The zero-order chi connectivity index (χ0) is 85.6. The molecule has 6 rings (SSSR count). The lowest BCUT2D eigenvalue weighted by atomic mass is 9.79. The fourth-order valence-corrected chi connectivity index (χ4v) is 15.4. The number of ketones is 1. The monoisotopic (exact) mass is 1710 g/mol. The Hall–Kier alpha value is -9.53. The van der Waals surface area contributed by atoms with E-state index in [1.54, 1.807) is 92.2 Å². The molecule has 14 N–H and O–H groups in total. The van der Waals surface area contributed by atoms with E-state index in [4.69, 9.17) is 9.29 Å². The molecule has 0 aromatic heterocycles. The van der Waals surface area contributed by atoms with Crippen LogP contribution in [0.1, 0.15) is 114 Å². The summed E-state index contributed by atoms with van der Waals surface area (Å²) in [5, 5.41) is 44.1. The van der Waals surface area contributed by atoms with Crippen molar-refractivity contribution < 1.29 is 123 Å². The highest BCUT2D eigenvalue weighted by Gasteiger charge is 2.41. The number of carbonyl (C=O) groups is 8. The summed E-state index contributed by atoms with van der Waals surface area (Å²) in [4.78, 5) is 108. The Kier molecular flexibility index (Phi) is 33.9. The molecular weight excluding hydrogens is 1610 g/mol. The lowest BCUT2D eigenvalue weighted by Crippen LogP contribution is -2.53. The second-order valence-electron chi connectivity index (χ2n) is 28.9. The van der Waals surface area contributed by atoms with Crippen LogP contribution in [-0.4, -0.2) is 239 Å².